The van der Waals surface area contributed by atoms with Crippen LogP contribution >= 0.6 is 0 Å². The Bertz CT molecular complexity index is 231. The van der Waals surface area contributed by atoms with Gasteiger partial charge in [-0.15, -0.1) is 0 Å². The largest absolute Gasteiger partial charge is 0.263 e. The predicted molar refractivity (Wildman–Crippen MR) is 56.6 cm³/mol. The molecule has 0 aliphatic carbocycles. The smallest absolute Gasteiger partial charge is 0.0403 e. The maximum Gasteiger partial charge on any atom is 0.0403 e. The molecule has 0 saturated carbocycles. The van der Waals surface area contributed by atoms with Crippen molar-refractivity contribution in [2.24, 2.45) is 4.99 Å². The summed E-state index contributed by atoms with van der Waals surface area (Å²) in [7, 11) is 0. The predicted octanol–water partition coefficient (Wildman–Crippen LogP) is 3.73. The summed E-state index contributed by atoms with van der Waals surface area (Å²) in [5.41, 5.74) is 4.55. The van der Waals surface area contributed by atoms with Gasteiger partial charge in [-0.3, -0.25) is 4.99 Å². The van der Waals surface area contributed by atoms with Crippen LogP contribution < -0.4 is 0 Å². The number of allylic oxidation sites excluding steroid dienone is 3. The first-order chi connectivity index (χ1) is 5.49. The zero-order valence-corrected chi connectivity index (χ0v) is 8.86. The molecule has 0 aromatic rings. The Morgan fingerprint density at radius 2 is 1.67 bits per heavy atom. The van der Waals surface area contributed by atoms with E-state index in [1.54, 1.807) is 0 Å². The van der Waals surface area contributed by atoms with Crippen LogP contribution in [0.25, 0.3) is 0 Å². The molecule has 0 saturated heterocycles. The lowest BCUT2D eigenvalue weighted by atomic mass is 10.1. The Labute approximate surface area is 75.9 Å². The first-order valence-corrected chi connectivity index (χ1v) is 4.36. The van der Waals surface area contributed by atoms with Gasteiger partial charge in [-0.1, -0.05) is 19.1 Å². The molecule has 0 bridgehead atoms. The van der Waals surface area contributed by atoms with E-state index in [9.17, 15) is 0 Å². The van der Waals surface area contributed by atoms with E-state index in [1.807, 2.05) is 13.8 Å². The Balaban J connectivity index is 4.69. The molecule has 12 heavy (non-hydrogen) atoms. The topological polar surface area (TPSA) is 12.4 Å². The van der Waals surface area contributed by atoms with Gasteiger partial charge in [-0.2, -0.15) is 0 Å². The zero-order valence-electron chi connectivity index (χ0n) is 8.86. The molecular formula is C11H19N. The van der Waals surface area contributed by atoms with Crippen molar-refractivity contribution in [2.75, 3.05) is 0 Å². The Hall–Kier alpha value is -0.850. The molecule has 0 radical (unpaired) electrons. The first kappa shape index (κ1) is 11.2. The van der Waals surface area contributed by atoms with Gasteiger partial charge in [-0.25, -0.2) is 0 Å². The lowest BCUT2D eigenvalue weighted by Crippen LogP contribution is -1.90. The van der Waals surface area contributed by atoms with E-state index in [4.69, 9.17) is 0 Å². The summed E-state index contributed by atoms with van der Waals surface area (Å²) in [6.45, 7) is 14.1. The maximum absolute atomic E-state index is 4.45. The van der Waals surface area contributed by atoms with Gasteiger partial charge in [0.15, 0.2) is 0 Å². The molecule has 0 heterocycles. The third kappa shape index (κ3) is 3.51. The molecule has 0 spiro atoms. The van der Waals surface area contributed by atoms with Crippen LogP contribution in [0, 0.1) is 0 Å². The van der Waals surface area contributed by atoms with Gasteiger partial charge in [0.2, 0.25) is 0 Å². The summed E-state index contributed by atoms with van der Waals surface area (Å²) in [6, 6.07) is 0. The van der Waals surface area contributed by atoms with E-state index in [0.29, 0.717) is 0 Å². The van der Waals surface area contributed by atoms with E-state index in [1.165, 1.54) is 11.3 Å². The summed E-state index contributed by atoms with van der Waals surface area (Å²) in [6.07, 6.45) is 1.01. The van der Waals surface area contributed by atoms with Gasteiger partial charge in [0.1, 0.15) is 0 Å². The maximum atomic E-state index is 4.45. The summed E-state index contributed by atoms with van der Waals surface area (Å²) in [5.74, 6) is 0. The van der Waals surface area contributed by atoms with Gasteiger partial charge in [-0.05, 0) is 39.7 Å². The third-order valence-electron chi connectivity index (χ3n) is 2.05. The summed E-state index contributed by atoms with van der Waals surface area (Å²) in [4.78, 5) is 4.45. The van der Waals surface area contributed by atoms with Crippen molar-refractivity contribution >= 4 is 5.71 Å². The molecule has 0 unspecified atom stereocenters. The third-order valence-corrected chi connectivity index (χ3v) is 2.05. The number of nitrogens with zero attached hydrogens (tertiary/aromatic N) is 1. The van der Waals surface area contributed by atoms with Crippen LogP contribution in [-0.4, -0.2) is 5.71 Å². The van der Waals surface area contributed by atoms with Gasteiger partial charge < -0.3 is 0 Å². The SMILES string of the molecule is C=C(C)/C(C)=C(/C)N=C(C)CC. The second-order valence-corrected chi connectivity index (χ2v) is 3.19. The fourth-order valence-electron chi connectivity index (χ4n) is 0.758. The average molecular weight is 165 g/mol. The molecule has 0 aromatic carbocycles. The summed E-state index contributed by atoms with van der Waals surface area (Å²) in [5, 5.41) is 0. The van der Waals surface area contributed by atoms with Crippen LogP contribution in [0.4, 0.5) is 0 Å². The Morgan fingerprint density at radius 3 is 2.00 bits per heavy atom. The van der Waals surface area contributed by atoms with Gasteiger partial charge in [0.05, 0.1) is 0 Å². The second-order valence-electron chi connectivity index (χ2n) is 3.19. The molecule has 0 rings (SSSR count). The Kier molecular flexibility index (Phi) is 4.57. The first-order valence-electron chi connectivity index (χ1n) is 4.36. The lowest BCUT2D eigenvalue weighted by Gasteiger charge is -2.03. The molecule has 1 heteroatoms. The van der Waals surface area contributed by atoms with E-state index >= 15 is 0 Å². The molecule has 0 amide bonds. The van der Waals surface area contributed by atoms with Gasteiger partial charge in [0, 0.05) is 11.4 Å². The van der Waals surface area contributed by atoms with Crippen LogP contribution in [0.1, 0.15) is 41.0 Å². The molecule has 0 aliphatic heterocycles. The summed E-state index contributed by atoms with van der Waals surface area (Å²) < 4.78 is 0. The van der Waals surface area contributed by atoms with Crippen LogP contribution in [0.3, 0.4) is 0 Å². The molecule has 1 nitrogen and oxygen atoms in total. The van der Waals surface area contributed by atoms with E-state index < -0.39 is 0 Å². The minimum absolute atomic E-state index is 1.01. The molecule has 0 atom stereocenters. The number of rotatable bonds is 3. The monoisotopic (exact) mass is 165 g/mol. The van der Waals surface area contributed by atoms with Crippen molar-refractivity contribution in [1.29, 1.82) is 0 Å². The number of aliphatic imine (C=N–C) groups is 1. The van der Waals surface area contributed by atoms with E-state index in [0.717, 1.165) is 17.7 Å². The zero-order chi connectivity index (χ0) is 9.72. The van der Waals surface area contributed by atoms with Crippen molar-refractivity contribution < 1.29 is 0 Å². The standard InChI is InChI=1S/C11H19N/c1-7-9(4)12-11(6)10(5)8(2)3/h2,7H2,1,3-6H3/b11-10-,12-9?. The van der Waals surface area contributed by atoms with Crippen LogP contribution in [0.2, 0.25) is 0 Å². The highest BCUT2D eigenvalue weighted by Crippen LogP contribution is 2.12. The van der Waals surface area contributed by atoms with Crippen LogP contribution in [-0.2, 0) is 0 Å². The van der Waals surface area contributed by atoms with Crippen LogP contribution in [0.15, 0.2) is 28.4 Å². The highest BCUT2D eigenvalue weighted by molar-refractivity contribution is 5.82. The van der Waals surface area contributed by atoms with Gasteiger partial charge >= 0.3 is 0 Å². The fraction of sp³-hybridized carbons (Fsp3) is 0.545. The summed E-state index contributed by atoms with van der Waals surface area (Å²) >= 11 is 0. The average Bonchev–Trinajstić information content (AvgIpc) is 2.02. The molecule has 0 fully saturated rings. The number of hydrogen-bond donors (Lipinski definition) is 0. The van der Waals surface area contributed by atoms with Crippen molar-refractivity contribution in [3.05, 3.63) is 23.4 Å². The quantitative estimate of drug-likeness (QED) is 0.446. The van der Waals surface area contributed by atoms with Crippen molar-refractivity contribution in [2.45, 2.75) is 41.0 Å². The fourth-order valence-corrected chi connectivity index (χ4v) is 0.758. The second kappa shape index (κ2) is 4.91. The minimum Gasteiger partial charge on any atom is -0.263 e. The van der Waals surface area contributed by atoms with E-state index in [2.05, 4.69) is 32.3 Å². The minimum atomic E-state index is 1.01. The highest BCUT2D eigenvalue weighted by atomic mass is 14.7. The van der Waals surface area contributed by atoms with Crippen LogP contribution in [0.5, 0.6) is 0 Å². The van der Waals surface area contributed by atoms with Crippen molar-refractivity contribution in [1.82, 2.24) is 0 Å². The van der Waals surface area contributed by atoms with Crippen molar-refractivity contribution in [3.63, 3.8) is 0 Å². The number of hydrogen-bond acceptors (Lipinski definition) is 1. The highest BCUT2D eigenvalue weighted by Gasteiger charge is 1.95. The molecule has 68 valence electrons. The van der Waals surface area contributed by atoms with Crippen molar-refractivity contribution in [3.8, 4) is 0 Å². The molecular weight excluding hydrogens is 146 g/mol. The molecule has 0 aromatic heterocycles. The van der Waals surface area contributed by atoms with E-state index in [-0.39, 0.29) is 0 Å². The molecule has 0 aliphatic rings. The molecule has 0 N–H and O–H groups in total. The van der Waals surface area contributed by atoms with Gasteiger partial charge in [0.25, 0.3) is 0 Å². The Morgan fingerprint density at radius 1 is 1.17 bits per heavy atom. The normalized spacial score (nSPS) is 14.2. The lowest BCUT2D eigenvalue weighted by molar-refractivity contribution is 1.15.